The molecule has 0 spiro atoms. The predicted octanol–water partition coefficient (Wildman–Crippen LogP) is 2.32. The van der Waals surface area contributed by atoms with Crippen LogP contribution in [-0.2, 0) is 6.42 Å². The predicted molar refractivity (Wildman–Crippen MR) is 87.3 cm³/mol. The number of carbonyl (C=O) groups is 1. The van der Waals surface area contributed by atoms with Crippen LogP contribution in [0, 0.1) is 5.82 Å². The first-order valence-electron chi connectivity index (χ1n) is 7.55. The molecule has 3 aromatic heterocycles. The van der Waals surface area contributed by atoms with E-state index < -0.39 is 0 Å². The van der Waals surface area contributed by atoms with E-state index in [4.69, 9.17) is 0 Å². The van der Waals surface area contributed by atoms with Gasteiger partial charge in [0, 0.05) is 35.9 Å². The average molecular weight is 323 g/mol. The van der Waals surface area contributed by atoms with Crippen molar-refractivity contribution in [3.05, 3.63) is 66.0 Å². The number of aromatic amines is 1. The molecule has 7 heteroatoms. The van der Waals surface area contributed by atoms with Gasteiger partial charge < -0.3 is 10.3 Å². The second-order valence-electron chi connectivity index (χ2n) is 5.41. The maximum absolute atomic E-state index is 13.9. The Bertz CT molecular complexity index is 1040. The number of nitrogens with zero attached hydrogens (tertiary/aromatic N) is 3. The molecule has 2 N–H and O–H groups in total. The van der Waals surface area contributed by atoms with Crippen molar-refractivity contribution in [3.63, 3.8) is 0 Å². The second-order valence-corrected chi connectivity index (χ2v) is 5.41. The quantitative estimate of drug-likeness (QED) is 0.605. The molecule has 0 radical (unpaired) electrons. The van der Waals surface area contributed by atoms with E-state index in [-0.39, 0.29) is 11.7 Å². The Morgan fingerprint density at radius 1 is 1.25 bits per heavy atom. The van der Waals surface area contributed by atoms with E-state index in [2.05, 4.69) is 20.4 Å². The zero-order valence-electron chi connectivity index (χ0n) is 12.7. The summed E-state index contributed by atoms with van der Waals surface area (Å²) in [7, 11) is 0. The number of nitrogens with one attached hydrogen (secondary N) is 2. The lowest BCUT2D eigenvalue weighted by Crippen LogP contribution is -2.27. The Hall–Kier alpha value is -3.22. The van der Waals surface area contributed by atoms with Crippen molar-refractivity contribution in [2.45, 2.75) is 6.42 Å². The molecule has 24 heavy (non-hydrogen) atoms. The molecule has 0 bridgehead atoms. The van der Waals surface area contributed by atoms with E-state index in [0.29, 0.717) is 29.7 Å². The Kier molecular flexibility index (Phi) is 3.45. The van der Waals surface area contributed by atoms with Crippen molar-refractivity contribution in [1.82, 2.24) is 24.9 Å². The van der Waals surface area contributed by atoms with Crippen molar-refractivity contribution < 1.29 is 9.18 Å². The largest absolute Gasteiger partial charge is 0.361 e. The Morgan fingerprint density at radius 2 is 2.17 bits per heavy atom. The Balaban J connectivity index is 1.49. The molecule has 0 aliphatic rings. The molecule has 1 amide bonds. The molecular weight excluding hydrogens is 309 g/mol. The number of aromatic nitrogens is 4. The van der Waals surface area contributed by atoms with Gasteiger partial charge in [0.25, 0.3) is 5.91 Å². The summed E-state index contributed by atoms with van der Waals surface area (Å²) >= 11 is 0. The standard InChI is InChI=1S/C17H14FN5O/c18-12-2-1-3-13-16(12)11(10-21-13)4-7-20-17(24)14-5-8-19-15-6-9-22-23(14)15/h1-3,5-6,8-10,21H,4,7H2,(H,20,24). The van der Waals surface area contributed by atoms with Crippen LogP contribution in [0.4, 0.5) is 4.39 Å². The van der Waals surface area contributed by atoms with E-state index in [1.54, 1.807) is 36.8 Å². The number of hydrogen-bond donors (Lipinski definition) is 2. The molecule has 0 unspecified atom stereocenters. The highest BCUT2D eigenvalue weighted by molar-refractivity contribution is 5.93. The van der Waals surface area contributed by atoms with Crippen molar-refractivity contribution >= 4 is 22.5 Å². The lowest BCUT2D eigenvalue weighted by Gasteiger charge is -2.06. The summed E-state index contributed by atoms with van der Waals surface area (Å²) in [6.07, 6.45) is 5.47. The summed E-state index contributed by atoms with van der Waals surface area (Å²) in [4.78, 5) is 19.5. The van der Waals surface area contributed by atoms with Crippen LogP contribution in [0.5, 0.6) is 0 Å². The van der Waals surface area contributed by atoms with Crippen LogP contribution in [0.1, 0.15) is 16.1 Å². The summed E-state index contributed by atoms with van der Waals surface area (Å²) < 4.78 is 15.4. The smallest absolute Gasteiger partial charge is 0.270 e. The van der Waals surface area contributed by atoms with E-state index >= 15 is 0 Å². The Morgan fingerprint density at radius 3 is 3.08 bits per heavy atom. The van der Waals surface area contributed by atoms with Crippen LogP contribution < -0.4 is 5.32 Å². The SMILES string of the molecule is O=C(NCCc1c[nH]c2cccc(F)c12)c1ccnc2ccnn12. The highest BCUT2D eigenvalue weighted by Gasteiger charge is 2.12. The van der Waals surface area contributed by atoms with Gasteiger partial charge in [-0.2, -0.15) is 5.10 Å². The molecule has 0 fully saturated rings. The minimum absolute atomic E-state index is 0.244. The third-order valence-electron chi connectivity index (χ3n) is 3.94. The van der Waals surface area contributed by atoms with E-state index in [1.807, 2.05) is 6.07 Å². The normalized spacial score (nSPS) is 11.2. The van der Waals surface area contributed by atoms with Crippen LogP contribution in [0.15, 0.2) is 48.9 Å². The fourth-order valence-electron chi connectivity index (χ4n) is 2.81. The molecule has 0 aliphatic heterocycles. The average Bonchev–Trinajstić information content (AvgIpc) is 3.22. The van der Waals surface area contributed by atoms with Crippen LogP contribution in [-0.4, -0.2) is 32.0 Å². The number of benzene rings is 1. The van der Waals surface area contributed by atoms with Crippen molar-refractivity contribution in [2.24, 2.45) is 0 Å². The van der Waals surface area contributed by atoms with Gasteiger partial charge in [-0.05, 0) is 30.2 Å². The number of H-pyrrole nitrogens is 1. The van der Waals surface area contributed by atoms with Crippen LogP contribution in [0.2, 0.25) is 0 Å². The number of fused-ring (bicyclic) bond motifs is 2. The van der Waals surface area contributed by atoms with Crippen LogP contribution in [0.3, 0.4) is 0 Å². The van der Waals surface area contributed by atoms with Gasteiger partial charge in [0.05, 0.1) is 6.20 Å². The third-order valence-corrected chi connectivity index (χ3v) is 3.94. The minimum Gasteiger partial charge on any atom is -0.361 e. The topological polar surface area (TPSA) is 75.1 Å². The molecule has 6 nitrogen and oxygen atoms in total. The second kappa shape index (κ2) is 5.77. The monoisotopic (exact) mass is 323 g/mol. The van der Waals surface area contributed by atoms with Crippen molar-refractivity contribution in [1.29, 1.82) is 0 Å². The summed E-state index contributed by atoms with van der Waals surface area (Å²) in [6, 6.07) is 8.26. The molecule has 0 saturated heterocycles. The number of amides is 1. The van der Waals surface area contributed by atoms with Crippen LogP contribution in [0.25, 0.3) is 16.6 Å². The molecule has 4 aromatic rings. The zero-order chi connectivity index (χ0) is 16.5. The third kappa shape index (κ3) is 2.40. The highest BCUT2D eigenvalue weighted by atomic mass is 19.1. The summed E-state index contributed by atoms with van der Waals surface area (Å²) in [6.45, 7) is 0.394. The Labute approximate surface area is 136 Å². The van der Waals surface area contributed by atoms with Gasteiger partial charge in [-0.1, -0.05) is 6.07 Å². The minimum atomic E-state index is -0.262. The fourth-order valence-corrected chi connectivity index (χ4v) is 2.81. The first-order valence-corrected chi connectivity index (χ1v) is 7.55. The van der Waals surface area contributed by atoms with E-state index in [0.717, 1.165) is 11.1 Å². The highest BCUT2D eigenvalue weighted by Crippen LogP contribution is 2.21. The van der Waals surface area contributed by atoms with E-state index in [1.165, 1.54) is 10.6 Å². The fraction of sp³-hybridized carbons (Fsp3) is 0.118. The van der Waals surface area contributed by atoms with Gasteiger partial charge in [-0.25, -0.2) is 13.9 Å². The molecule has 0 saturated carbocycles. The lowest BCUT2D eigenvalue weighted by molar-refractivity contribution is 0.0946. The number of carbonyl (C=O) groups excluding carboxylic acids is 1. The molecule has 1 aromatic carbocycles. The van der Waals surface area contributed by atoms with Gasteiger partial charge in [-0.3, -0.25) is 4.79 Å². The summed E-state index contributed by atoms with van der Waals surface area (Å²) in [5, 5.41) is 7.50. The number of hydrogen-bond acceptors (Lipinski definition) is 3. The summed E-state index contributed by atoms with van der Waals surface area (Å²) in [5.41, 5.74) is 2.61. The van der Waals surface area contributed by atoms with Crippen molar-refractivity contribution in [3.8, 4) is 0 Å². The maximum atomic E-state index is 13.9. The first-order chi connectivity index (χ1) is 11.7. The molecule has 0 aliphatic carbocycles. The maximum Gasteiger partial charge on any atom is 0.270 e. The van der Waals surface area contributed by atoms with Gasteiger partial charge in [0.15, 0.2) is 5.65 Å². The number of rotatable bonds is 4. The van der Waals surface area contributed by atoms with Crippen LogP contribution >= 0.6 is 0 Å². The summed E-state index contributed by atoms with van der Waals surface area (Å²) in [5.74, 6) is -0.506. The molecular formula is C17H14FN5O. The molecule has 0 atom stereocenters. The van der Waals surface area contributed by atoms with Crippen molar-refractivity contribution in [2.75, 3.05) is 6.54 Å². The first kappa shape index (κ1) is 14.4. The van der Waals surface area contributed by atoms with Gasteiger partial charge in [-0.15, -0.1) is 0 Å². The lowest BCUT2D eigenvalue weighted by atomic mass is 10.1. The zero-order valence-corrected chi connectivity index (χ0v) is 12.7. The molecule has 4 rings (SSSR count). The molecule has 120 valence electrons. The van der Waals surface area contributed by atoms with Gasteiger partial charge in [0.2, 0.25) is 0 Å². The molecule has 3 heterocycles. The van der Waals surface area contributed by atoms with E-state index in [9.17, 15) is 9.18 Å². The van der Waals surface area contributed by atoms with Gasteiger partial charge in [0.1, 0.15) is 11.5 Å². The van der Waals surface area contributed by atoms with Gasteiger partial charge >= 0.3 is 0 Å². The number of halogens is 1.